The van der Waals surface area contributed by atoms with Crippen molar-refractivity contribution in [2.24, 2.45) is 10.9 Å². The molecule has 0 bridgehead atoms. The Bertz CT molecular complexity index is 909. The van der Waals surface area contributed by atoms with Crippen molar-refractivity contribution in [3.63, 3.8) is 0 Å². The number of nitrogens with one attached hydrogen (secondary N) is 1. The minimum atomic E-state index is 0.694. The van der Waals surface area contributed by atoms with Gasteiger partial charge in [0.05, 0.1) is 22.8 Å². The van der Waals surface area contributed by atoms with Gasteiger partial charge in [-0.1, -0.05) is 19.1 Å². The summed E-state index contributed by atoms with van der Waals surface area (Å²) in [5, 5.41) is 10.3. The van der Waals surface area contributed by atoms with Crippen LogP contribution in [0.2, 0.25) is 0 Å². The Morgan fingerprint density at radius 3 is 3.13 bits per heavy atom. The van der Waals surface area contributed by atoms with Crippen LogP contribution in [-0.4, -0.2) is 16.2 Å². The molecule has 4 nitrogen and oxygen atoms in total. The zero-order valence-electron chi connectivity index (χ0n) is 12.8. The van der Waals surface area contributed by atoms with Crippen LogP contribution >= 0.6 is 11.3 Å². The lowest BCUT2D eigenvalue weighted by molar-refractivity contribution is 0.507. The van der Waals surface area contributed by atoms with E-state index in [0.717, 1.165) is 46.7 Å². The minimum Gasteiger partial charge on any atom is -0.337 e. The second kappa shape index (κ2) is 5.64. The largest absolute Gasteiger partial charge is 0.337 e. The van der Waals surface area contributed by atoms with Gasteiger partial charge < -0.3 is 4.98 Å². The van der Waals surface area contributed by atoms with Gasteiger partial charge in [-0.2, -0.15) is 5.26 Å². The van der Waals surface area contributed by atoms with Gasteiger partial charge in [0, 0.05) is 4.88 Å². The lowest BCUT2D eigenvalue weighted by Crippen LogP contribution is -2.09. The third-order valence-electron chi connectivity index (χ3n) is 4.32. The van der Waals surface area contributed by atoms with E-state index in [2.05, 4.69) is 28.0 Å². The van der Waals surface area contributed by atoms with E-state index >= 15 is 0 Å². The van der Waals surface area contributed by atoms with E-state index in [1.807, 2.05) is 24.3 Å². The van der Waals surface area contributed by atoms with Crippen LogP contribution < -0.4 is 0 Å². The van der Waals surface area contributed by atoms with E-state index in [1.54, 1.807) is 17.6 Å². The molecule has 23 heavy (non-hydrogen) atoms. The minimum absolute atomic E-state index is 0.694. The molecule has 0 spiro atoms. The number of benzene rings is 1. The van der Waals surface area contributed by atoms with Crippen LogP contribution in [0.4, 0.5) is 5.00 Å². The van der Waals surface area contributed by atoms with Gasteiger partial charge in [0.1, 0.15) is 16.9 Å². The number of nitriles is 1. The van der Waals surface area contributed by atoms with E-state index in [1.165, 1.54) is 10.4 Å². The van der Waals surface area contributed by atoms with Crippen LogP contribution in [0.3, 0.4) is 0 Å². The molecule has 4 rings (SSSR count). The predicted octanol–water partition coefficient (Wildman–Crippen LogP) is 4.37. The number of hydrogen-bond acceptors (Lipinski definition) is 4. The number of nitrogens with zero attached hydrogens (tertiary/aromatic N) is 3. The maximum atomic E-state index is 9.50. The summed E-state index contributed by atoms with van der Waals surface area (Å²) in [6.07, 6.45) is 4.94. The Kier molecular flexibility index (Phi) is 3.47. The summed E-state index contributed by atoms with van der Waals surface area (Å²) in [5.41, 5.74) is 3.89. The normalized spacial score (nSPS) is 17.5. The Hall–Kier alpha value is -2.45. The molecule has 1 aromatic carbocycles. The third-order valence-corrected chi connectivity index (χ3v) is 5.48. The Labute approximate surface area is 138 Å². The highest BCUT2D eigenvalue weighted by molar-refractivity contribution is 7.16. The number of imidazole rings is 1. The van der Waals surface area contributed by atoms with Crippen molar-refractivity contribution in [1.82, 2.24) is 9.97 Å². The number of thiophene rings is 1. The Balaban J connectivity index is 1.69. The fourth-order valence-electron chi connectivity index (χ4n) is 3.10. The first-order chi connectivity index (χ1) is 11.2. The maximum absolute atomic E-state index is 9.50. The van der Waals surface area contributed by atoms with Crippen LogP contribution in [0.15, 0.2) is 29.3 Å². The SMILES string of the molecule is CC1CCc2c(sc(N=Cc3nc4ccccc4[nH]3)c2C#N)C1. The van der Waals surface area contributed by atoms with Gasteiger partial charge in [0.15, 0.2) is 0 Å². The van der Waals surface area contributed by atoms with E-state index in [9.17, 15) is 5.26 Å². The topological polar surface area (TPSA) is 64.8 Å². The van der Waals surface area contributed by atoms with Crippen LogP contribution in [-0.2, 0) is 12.8 Å². The summed E-state index contributed by atoms with van der Waals surface area (Å²) in [6, 6.07) is 10.2. The van der Waals surface area contributed by atoms with Crippen molar-refractivity contribution in [1.29, 1.82) is 5.26 Å². The summed E-state index contributed by atoms with van der Waals surface area (Å²) >= 11 is 1.65. The highest BCUT2D eigenvalue weighted by Crippen LogP contribution is 2.40. The van der Waals surface area contributed by atoms with Crippen LogP contribution in [0.5, 0.6) is 0 Å². The average molecular weight is 320 g/mol. The number of hydrogen-bond donors (Lipinski definition) is 1. The molecule has 1 aliphatic carbocycles. The molecule has 114 valence electrons. The quantitative estimate of drug-likeness (QED) is 0.712. The standard InChI is InChI=1S/C18H16N4S/c1-11-6-7-12-13(9-19)18(23-16(12)8-11)20-10-17-21-14-4-2-3-5-15(14)22-17/h2-5,10-11H,6-8H2,1H3,(H,21,22). The molecule has 5 heteroatoms. The molecule has 1 unspecified atom stereocenters. The van der Waals surface area contributed by atoms with Crippen LogP contribution in [0.25, 0.3) is 11.0 Å². The van der Waals surface area contributed by atoms with Gasteiger partial charge in [-0.3, -0.25) is 0 Å². The molecule has 1 atom stereocenters. The van der Waals surface area contributed by atoms with Gasteiger partial charge in [-0.05, 0) is 42.9 Å². The second-order valence-electron chi connectivity index (χ2n) is 6.04. The van der Waals surface area contributed by atoms with E-state index < -0.39 is 0 Å². The number of aromatic amines is 1. The molecule has 1 aliphatic rings. The summed E-state index contributed by atoms with van der Waals surface area (Å²) < 4.78 is 0. The van der Waals surface area contributed by atoms with Gasteiger partial charge in [-0.25, -0.2) is 9.98 Å². The van der Waals surface area contributed by atoms with Crippen molar-refractivity contribution in [2.75, 3.05) is 0 Å². The summed E-state index contributed by atoms with van der Waals surface area (Å²) in [5.74, 6) is 1.41. The smallest absolute Gasteiger partial charge is 0.149 e. The molecule has 2 aromatic heterocycles. The molecule has 0 saturated carbocycles. The van der Waals surface area contributed by atoms with Crippen molar-refractivity contribution in [3.05, 3.63) is 46.1 Å². The number of para-hydroxylation sites is 2. The molecular formula is C18H16N4S. The van der Waals surface area contributed by atoms with Gasteiger partial charge in [0.2, 0.25) is 0 Å². The fourth-order valence-corrected chi connectivity index (χ4v) is 4.40. The van der Waals surface area contributed by atoms with Crippen molar-refractivity contribution < 1.29 is 0 Å². The third kappa shape index (κ3) is 2.55. The Morgan fingerprint density at radius 1 is 1.43 bits per heavy atom. The number of fused-ring (bicyclic) bond motifs is 2. The van der Waals surface area contributed by atoms with Crippen molar-refractivity contribution in [2.45, 2.75) is 26.2 Å². The summed E-state index contributed by atoms with van der Waals surface area (Å²) in [7, 11) is 0. The summed E-state index contributed by atoms with van der Waals surface area (Å²) in [6.45, 7) is 2.27. The second-order valence-corrected chi connectivity index (χ2v) is 7.12. The number of H-pyrrole nitrogens is 1. The number of aliphatic imine (C=N–C) groups is 1. The molecule has 1 N–H and O–H groups in total. The fraction of sp³-hybridized carbons (Fsp3) is 0.278. The zero-order chi connectivity index (χ0) is 15.8. The molecule has 0 saturated heterocycles. The van der Waals surface area contributed by atoms with E-state index in [0.29, 0.717) is 5.92 Å². The number of rotatable bonds is 2. The Morgan fingerprint density at radius 2 is 2.30 bits per heavy atom. The summed E-state index contributed by atoms with van der Waals surface area (Å²) in [4.78, 5) is 13.6. The first kappa shape index (κ1) is 14.2. The van der Waals surface area contributed by atoms with Crippen molar-refractivity contribution in [3.8, 4) is 6.07 Å². The van der Waals surface area contributed by atoms with Gasteiger partial charge in [-0.15, -0.1) is 11.3 Å². The van der Waals surface area contributed by atoms with Gasteiger partial charge in [0.25, 0.3) is 0 Å². The molecule has 0 amide bonds. The lowest BCUT2D eigenvalue weighted by atomic mass is 9.89. The van der Waals surface area contributed by atoms with E-state index in [-0.39, 0.29) is 0 Å². The molecule has 0 aliphatic heterocycles. The number of aromatic nitrogens is 2. The van der Waals surface area contributed by atoms with Crippen LogP contribution in [0.1, 0.15) is 35.2 Å². The highest BCUT2D eigenvalue weighted by atomic mass is 32.1. The first-order valence-corrected chi connectivity index (χ1v) is 8.59. The van der Waals surface area contributed by atoms with Crippen LogP contribution in [0, 0.1) is 17.2 Å². The average Bonchev–Trinajstić information content (AvgIpc) is 3.12. The monoisotopic (exact) mass is 320 g/mol. The van der Waals surface area contributed by atoms with Gasteiger partial charge >= 0.3 is 0 Å². The molecule has 0 fully saturated rings. The highest BCUT2D eigenvalue weighted by Gasteiger charge is 2.23. The molecule has 2 heterocycles. The molecule has 0 radical (unpaired) electrons. The predicted molar refractivity (Wildman–Crippen MR) is 93.6 cm³/mol. The molecule has 3 aromatic rings. The zero-order valence-corrected chi connectivity index (χ0v) is 13.7. The first-order valence-electron chi connectivity index (χ1n) is 7.78. The van der Waals surface area contributed by atoms with Crippen molar-refractivity contribution >= 4 is 33.6 Å². The lowest BCUT2D eigenvalue weighted by Gasteiger charge is -2.17. The molecular weight excluding hydrogens is 304 g/mol. The van der Waals surface area contributed by atoms with E-state index in [4.69, 9.17) is 0 Å². The maximum Gasteiger partial charge on any atom is 0.149 e.